The Balaban J connectivity index is 2.45. The first-order valence-electron chi connectivity index (χ1n) is 7.04. The molecular formula is C16H21BrFNO3. The number of aryl methyl sites for hydroxylation is 1. The standard InChI is InChI=1S/C16H21BrFNO3/c1-10-7-8-11(13(17)14(10)18)12(20)6-5-9-22-15(21)19-16(2,3)4/h7-8H,5-6,9H2,1-4H3,(H,19,21). The van der Waals surface area contributed by atoms with Crippen LogP contribution < -0.4 is 5.32 Å². The van der Waals surface area contributed by atoms with Crippen molar-refractivity contribution < 1.29 is 18.7 Å². The summed E-state index contributed by atoms with van der Waals surface area (Å²) in [5.74, 6) is -0.614. The Hall–Kier alpha value is -1.43. The fraction of sp³-hybridized carbons (Fsp3) is 0.500. The zero-order valence-corrected chi connectivity index (χ0v) is 14.8. The molecule has 6 heteroatoms. The third-order valence-corrected chi connectivity index (χ3v) is 3.61. The van der Waals surface area contributed by atoms with Crippen LogP contribution in [0.25, 0.3) is 0 Å². The summed E-state index contributed by atoms with van der Waals surface area (Å²) in [7, 11) is 0. The van der Waals surface area contributed by atoms with E-state index in [1.54, 1.807) is 19.1 Å². The average Bonchev–Trinajstić information content (AvgIpc) is 2.39. The van der Waals surface area contributed by atoms with Crippen molar-refractivity contribution in [2.45, 2.75) is 46.1 Å². The minimum atomic E-state index is -0.512. The van der Waals surface area contributed by atoms with Crippen LogP contribution in [-0.4, -0.2) is 24.0 Å². The number of carbonyl (C=O) groups excluding carboxylic acids is 2. The first-order chi connectivity index (χ1) is 10.1. The summed E-state index contributed by atoms with van der Waals surface area (Å²) in [5, 5.41) is 2.66. The lowest BCUT2D eigenvalue weighted by molar-refractivity contribution is 0.0955. The molecule has 0 fully saturated rings. The van der Waals surface area contributed by atoms with Gasteiger partial charge in [0.05, 0.1) is 11.1 Å². The Kier molecular flexibility index (Phi) is 6.53. The van der Waals surface area contributed by atoms with Crippen LogP contribution in [-0.2, 0) is 4.74 Å². The van der Waals surface area contributed by atoms with E-state index in [1.165, 1.54) is 0 Å². The third-order valence-electron chi connectivity index (χ3n) is 2.83. The third kappa shape index (κ3) is 5.75. The lowest BCUT2D eigenvalue weighted by Crippen LogP contribution is -2.41. The topological polar surface area (TPSA) is 55.4 Å². The molecule has 0 bridgehead atoms. The van der Waals surface area contributed by atoms with E-state index in [1.807, 2.05) is 20.8 Å². The molecule has 1 N–H and O–H groups in total. The summed E-state index contributed by atoms with van der Waals surface area (Å²) < 4.78 is 18.9. The lowest BCUT2D eigenvalue weighted by atomic mass is 10.0. The van der Waals surface area contributed by atoms with Crippen LogP contribution in [0.1, 0.15) is 49.5 Å². The van der Waals surface area contributed by atoms with Crippen molar-refractivity contribution in [3.8, 4) is 0 Å². The summed E-state index contributed by atoms with van der Waals surface area (Å²) in [6.07, 6.45) is 0.0601. The van der Waals surface area contributed by atoms with Gasteiger partial charge in [-0.05, 0) is 61.7 Å². The number of nitrogens with one attached hydrogen (secondary N) is 1. The predicted octanol–water partition coefficient (Wildman–Crippen LogP) is 4.38. The quantitative estimate of drug-likeness (QED) is 0.615. The number of alkyl carbamates (subject to hydrolysis) is 1. The van der Waals surface area contributed by atoms with Gasteiger partial charge >= 0.3 is 6.09 Å². The van der Waals surface area contributed by atoms with E-state index < -0.39 is 11.9 Å². The van der Waals surface area contributed by atoms with Crippen LogP contribution in [0.15, 0.2) is 16.6 Å². The summed E-state index contributed by atoms with van der Waals surface area (Å²) in [5.41, 5.74) is 0.421. The highest BCUT2D eigenvalue weighted by Gasteiger charge is 2.16. The first-order valence-corrected chi connectivity index (χ1v) is 7.84. The normalized spacial score (nSPS) is 11.2. The maximum atomic E-state index is 13.7. The second-order valence-electron chi connectivity index (χ2n) is 6.10. The molecule has 4 nitrogen and oxygen atoms in total. The van der Waals surface area contributed by atoms with E-state index in [9.17, 15) is 14.0 Å². The average molecular weight is 374 g/mol. The summed E-state index contributed by atoms with van der Waals surface area (Å²) in [6, 6.07) is 3.17. The number of ketones is 1. The molecule has 1 amide bonds. The Bertz CT molecular complexity index is 567. The van der Waals surface area contributed by atoms with Gasteiger partial charge in [-0.15, -0.1) is 0 Å². The van der Waals surface area contributed by atoms with Crippen molar-refractivity contribution in [2.24, 2.45) is 0 Å². The SMILES string of the molecule is Cc1ccc(C(=O)CCCOC(=O)NC(C)(C)C)c(Br)c1F. The number of hydrogen-bond donors (Lipinski definition) is 1. The van der Waals surface area contributed by atoms with Gasteiger partial charge in [0.1, 0.15) is 5.82 Å². The molecule has 0 aliphatic heterocycles. The van der Waals surface area contributed by atoms with E-state index in [-0.39, 0.29) is 28.8 Å². The molecular weight excluding hydrogens is 353 g/mol. The fourth-order valence-corrected chi connectivity index (χ4v) is 2.40. The van der Waals surface area contributed by atoms with Gasteiger partial charge in [0.15, 0.2) is 5.78 Å². The van der Waals surface area contributed by atoms with Gasteiger partial charge in [-0.3, -0.25) is 4.79 Å². The summed E-state index contributed by atoms with van der Waals surface area (Å²) in [4.78, 5) is 23.5. The van der Waals surface area contributed by atoms with E-state index in [2.05, 4.69) is 21.2 Å². The molecule has 122 valence electrons. The van der Waals surface area contributed by atoms with Crippen LogP contribution >= 0.6 is 15.9 Å². The predicted molar refractivity (Wildman–Crippen MR) is 86.6 cm³/mol. The molecule has 0 radical (unpaired) electrons. The van der Waals surface area contributed by atoms with E-state index in [0.717, 1.165) is 0 Å². The Morgan fingerprint density at radius 1 is 1.32 bits per heavy atom. The van der Waals surface area contributed by atoms with Crippen molar-refractivity contribution in [3.63, 3.8) is 0 Å². The number of ether oxygens (including phenoxy) is 1. The number of rotatable bonds is 5. The highest BCUT2D eigenvalue weighted by Crippen LogP contribution is 2.24. The second kappa shape index (κ2) is 7.72. The number of benzene rings is 1. The molecule has 0 saturated carbocycles. The smallest absolute Gasteiger partial charge is 0.407 e. The van der Waals surface area contributed by atoms with Gasteiger partial charge in [-0.2, -0.15) is 0 Å². The van der Waals surface area contributed by atoms with Crippen LogP contribution in [0.4, 0.5) is 9.18 Å². The van der Waals surface area contributed by atoms with Gasteiger partial charge in [0.2, 0.25) is 0 Å². The largest absolute Gasteiger partial charge is 0.450 e. The number of halogens is 2. The van der Waals surface area contributed by atoms with E-state index in [0.29, 0.717) is 17.5 Å². The maximum absolute atomic E-state index is 13.7. The maximum Gasteiger partial charge on any atom is 0.407 e. The van der Waals surface area contributed by atoms with Crippen LogP contribution in [0.3, 0.4) is 0 Å². The van der Waals surface area contributed by atoms with Gasteiger partial charge in [0.25, 0.3) is 0 Å². The molecule has 22 heavy (non-hydrogen) atoms. The van der Waals surface area contributed by atoms with Crippen molar-refractivity contribution in [1.29, 1.82) is 0 Å². The van der Waals surface area contributed by atoms with E-state index in [4.69, 9.17) is 4.74 Å². The monoisotopic (exact) mass is 373 g/mol. The van der Waals surface area contributed by atoms with Gasteiger partial charge in [0, 0.05) is 17.5 Å². The van der Waals surface area contributed by atoms with Crippen molar-refractivity contribution >= 4 is 27.8 Å². The highest BCUT2D eigenvalue weighted by molar-refractivity contribution is 9.10. The molecule has 1 aromatic carbocycles. The van der Waals surface area contributed by atoms with Crippen LogP contribution in [0, 0.1) is 12.7 Å². The fourth-order valence-electron chi connectivity index (χ4n) is 1.74. The lowest BCUT2D eigenvalue weighted by Gasteiger charge is -2.19. The molecule has 0 aliphatic carbocycles. The highest BCUT2D eigenvalue weighted by atomic mass is 79.9. The first kappa shape index (κ1) is 18.6. The van der Waals surface area contributed by atoms with Crippen molar-refractivity contribution in [3.05, 3.63) is 33.5 Å². The van der Waals surface area contributed by atoms with Crippen LogP contribution in [0.2, 0.25) is 0 Å². The molecule has 0 unspecified atom stereocenters. The molecule has 0 heterocycles. The molecule has 1 aromatic rings. The molecule has 0 saturated heterocycles. The summed E-state index contributed by atoms with van der Waals surface area (Å²) >= 11 is 3.11. The Labute approximate surface area is 138 Å². The minimum absolute atomic E-state index is 0.139. The molecule has 0 aromatic heterocycles. The van der Waals surface area contributed by atoms with Crippen molar-refractivity contribution in [2.75, 3.05) is 6.61 Å². The van der Waals surface area contributed by atoms with E-state index >= 15 is 0 Å². The number of Topliss-reactive ketones (excluding diaryl/α,β-unsaturated/α-hetero) is 1. The molecule has 0 aliphatic rings. The van der Waals surface area contributed by atoms with Gasteiger partial charge in [-0.25, -0.2) is 9.18 Å². The van der Waals surface area contributed by atoms with Crippen LogP contribution in [0.5, 0.6) is 0 Å². The zero-order chi connectivity index (χ0) is 16.9. The van der Waals surface area contributed by atoms with Crippen molar-refractivity contribution in [1.82, 2.24) is 5.32 Å². The number of carbonyl (C=O) groups is 2. The molecule has 0 spiro atoms. The second-order valence-corrected chi connectivity index (χ2v) is 6.89. The zero-order valence-electron chi connectivity index (χ0n) is 13.3. The van der Waals surface area contributed by atoms with Gasteiger partial charge in [-0.1, -0.05) is 6.07 Å². The molecule has 0 atom stereocenters. The Morgan fingerprint density at radius 3 is 2.55 bits per heavy atom. The number of amides is 1. The Morgan fingerprint density at radius 2 is 1.95 bits per heavy atom. The number of hydrogen-bond acceptors (Lipinski definition) is 3. The summed E-state index contributed by atoms with van der Waals surface area (Å²) in [6.45, 7) is 7.32. The molecule has 1 rings (SSSR count). The van der Waals surface area contributed by atoms with Gasteiger partial charge < -0.3 is 10.1 Å². The minimum Gasteiger partial charge on any atom is -0.450 e.